The van der Waals surface area contributed by atoms with Crippen LogP contribution in [-0.4, -0.2) is 86.6 Å². The lowest BCUT2D eigenvalue weighted by Crippen LogP contribution is -2.48. The van der Waals surface area contributed by atoms with Crippen molar-refractivity contribution in [2.75, 3.05) is 45.0 Å². The average molecular weight is 644 g/mol. The second kappa shape index (κ2) is 14.1. The van der Waals surface area contributed by atoms with E-state index < -0.39 is 5.92 Å². The summed E-state index contributed by atoms with van der Waals surface area (Å²) in [7, 11) is 0. The number of aromatic amines is 1. The lowest BCUT2D eigenvalue weighted by molar-refractivity contribution is -0.143. The summed E-state index contributed by atoms with van der Waals surface area (Å²) in [4.78, 5) is 49.7. The van der Waals surface area contributed by atoms with Crippen molar-refractivity contribution in [3.8, 4) is 23.7 Å². The third-order valence-electron chi connectivity index (χ3n) is 9.88. The van der Waals surface area contributed by atoms with Crippen molar-refractivity contribution in [2.24, 2.45) is 5.92 Å². The molecule has 3 aromatic rings. The molecule has 2 amide bonds. The third kappa shape index (κ3) is 7.01. The fraction of sp³-hybridized carbons (Fsp3) is 0.486. The normalized spacial score (nSPS) is 18.9. The molecule has 2 aromatic carbocycles. The molecular weight excluding hydrogens is 602 g/mol. The van der Waals surface area contributed by atoms with Gasteiger partial charge in [0.25, 0.3) is 0 Å². The van der Waals surface area contributed by atoms with Crippen LogP contribution in [0.5, 0.6) is 0 Å². The van der Waals surface area contributed by atoms with E-state index in [-0.39, 0.29) is 30.0 Å². The van der Waals surface area contributed by atoms with Crippen molar-refractivity contribution in [1.29, 1.82) is 0 Å². The molecule has 46 heavy (non-hydrogen) atoms. The molecule has 4 heterocycles. The highest BCUT2D eigenvalue weighted by Gasteiger charge is 2.34. The number of likely N-dealkylation sites (tertiary alicyclic amines) is 3. The van der Waals surface area contributed by atoms with Crippen molar-refractivity contribution in [3.05, 3.63) is 69.1 Å². The highest BCUT2D eigenvalue weighted by atomic mass is 35.5. The maximum Gasteiger partial charge on any atom is 0.343 e. The number of rotatable bonds is 8. The molecule has 1 aromatic heterocycles. The molecule has 0 radical (unpaired) electrons. The zero-order valence-corrected chi connectivity index (χ0v) is 26.9. The number of terminal acetylenes is 1. The second-order valence-corrected chi connectivity index (χ2v) is 13.2. The van der Waals surface area contributed by atoms with E-state index in [9.17, 15) is 14.4 Å². The summed E-state index contributed by atoms with van der Waals surface area (Å²) in [5, 5.41) is 4.91. The molecule has 11 heteroatoms. The van der Waals surface area contributed by atoms with E-state index in [1.54, 1.807) is 12.1 Å². The van der Waals surface area contributed by atoms with Gasteiger partial charge in [0.15, 0.2) is 5.82 Å². The first-order chi connectivity index (χ1) is 22.3. The molecule has 0 spiro atoms. The minimum Gasteiger partial charge on any atom is -0.397 e. The van der Waals surface area contributed by atoms with Crippen molar-refractivity contribution in [3.63, 3.8) is 0 Å². The smallest absolute Gasteiger partial charge is 0.343 e. The van der Waals surface area contributed by atoms with Crippen molar-refractivity contribution >= 4 is 29.1 Å². The van der Waals surface area contributed by atoms with Crippen LogP contribution in [0.1, 0.15) is 62.1 Å². The summed E-state index contributed by atoms with van der Waals surface area (Å²) in [6, 6.07) is 13.5. The number of nitrogens with zero attached hydrogens (tertiary/aromatic N) is 5. The molecule has 3 aliphatic heterocycles. The predicted molar refractivity (Wildman–Crippen MR) is 179 cm³/mol. The zero-order chi connectivity index (χ0) is 32.2. The van der Waals surface area contributed by atoms with Crippen LogP contribution in [-0.2, 0) is 16.0 Å². The van der Waals surface area contributed by atoms with Gasteiger partial charge < -0.3 is 20.4 Å². The minimum absolute atomic E-state index is 0.00479. The molecule has 3 fully saturated rings. The van der Waals surface area contributed by atoms with Crippen LogP contribution < -0.4 is 11.4 Å². The quantitative estimate of drug-likeness (QED) is 0.283. The molecule has 0 saturated carbocycles. The molecule has 0 unspecified atom stereocenters. The minimum atomic E-state index is -0.554. The maximum atomic E-state index is 14.0. The fourth-order valence-corrected chi connectivity index (χ4v) is 7.51. The van der Waals surface area contributed by atoms with Crippen LogP contribution in [0.15, 0.2) is 47.3 Å². The number of hydrogen-bond donors (Lipinski definition) is 2. The highest BCUT2D eigenvalue weighted by Crippen LogP contribution is 2.29. The number of benzene rings is 2. The van der Waals surface area contributed by atoms with Crippen molar-refractivity contribution in [2.45, 2.75) is 63.5 Å². The van der Waals surface area contributed by atoms with Crippen LogP contribution in [0.2, 0.25) is 5.02 Å². The van der Waals surface area contributed by atoms with Gasteiger partial charge >= 0.3 is 5.69 Å². The van der Waals surface area contributed by atoms with Crippen LogP contribution in [0.4, 0.5) is 5.69 Å². The van der Waals surface area contributed by atoms with Gasteiger partial charge in [-0.25, -0.2) is 9.48 Å². The average Bonchev–Trinajstić information content (AvgIpc) is 3.77. The first-order valence-electron chi connectivity index (χ1n) is 16.4. The molecular formula is C35H42ClN7O3. The number of piperidine rings is 2. The summed E-state index contributed by atoms with van der Waals surface area (Å²) < 4.78 is 1.51. The Balaban J connectivity index is 1.12. The number of nitrogen functional groups attached to an aromatic ring is 1. The largest absolute Gasteiger partial charge is 0.397 e. The summed E-state index contributed by atoms with van der Waals surface area (Å²) >= 11 is 6.40. The summed E-state index contributed by atoms with van der Waals surface area (Å²) in [6.45, 7) is 4.64. The summed E-state index contributed by atoms with van der Waals surface area (Å²) in [5.41, 5.74) is 8.27. The van der Waals surface area contributed by atoms with Gasteiger partial charge in [0.05, 0.1) is 22.7 Å². The van der Waals surface area contributed by atoms with Gasteiger partial charge in [-0.15, -0.1) is 11.5 Å². The maximum absolute atomic E-state index is 14.0. The lowest BCUT2D eigenvalue weighted by Gasteiger charge is -2.38. The molecule has 10 nitrogen and oxygen atoms in total. The van der Waals surface area contributed by atoms with E-state index in [0.29, 0.717) is 73.6 Å². The van der Waals surface area contributed by atoms with E-state index in [0.717, 1.165) is 37.1 Å². The number of nitrogens with two attached hydrogens (primary N) is 1. The molecule has 1 atom stereocenters. The molecule has 3 aliphatic rings. The van der Waals surface area contributed by atoms with Gasteiger partial charge in [0, 0.05) is 49.8 Å². The monoisotopic (exact) mass is 643 g/mol. The Hall–Kier alpha value is -4.07. The second-order valence-electron chi connectivity index (χ2n) is 12.8. The Kier molecular flexibility index (Phi) is 9.81. The Morgan fingerprint density at radius 3 is 2.30 bits per heavy atom. The van der Waals surface area contributed by atoms with Gasteiger partial charge in [0.1, 0.15) is 0 Å². The molecule has 0 bridgehead atoms. The van der Waals surface area contributed by atoms with E-state index in [1.807, 2.05) is 40.1 Å². The van der Waals surface area contributed by atoms with E-state index in [2.05, 4.69) is 20.9 Å². The topological polar surface area (TPSA) is 121 Å². The molecule has 3 saturated heterocycles. The lowest BCUT2D eigenvalue weighted by atomic mass is 9.91. The van der Waals surface area contributed by atoms with Gasteiger partial charge in [-0.2, -0.15) is 0 Å². The Labute approximate surface area is 274 Å². The van der Waals surface area contributed by atoms with E-state index in [4.69, 9.17) is 23.8 Å². The van der Waals surface area contributed by atoms with Crippen molar-refractivity contribution < 1.29 is 9.59 Å². The molecule has 0 aliphatic carbocycles. The number of halogens is 1. The SMILES string of the molecule is C#Cc1cc(C[C@@H](CC(=O)N2CCC(n3nc(-c4ccccc4)[nH]c3=O)CC2)C(=O)N2CCC(N3CCCC3)CC2)cc(Cl)c1N. The highest BCUT2D eigenvalue weighted by molar-refractivity contribution is 6.33. The first kappa shape index (κ1) is 31.9. The van der Waals surface area contributed by atoms with Gasteiger partial charge in [-0.1, -0.05) is 47.9 Å². The van der Waals surface area contributed by atoms with Gasteiger partial charge in [0.2, 0.25) is 11.8 Å². The van der Waals surface area contributed by atoms with E-state index >= 15 is 0 Å². The Morgan fingerprint density at radius 1 is 0.978 bits per heavy atom. The van der Waals surface area contributed by atoms with Crippen LogP contribution >= 0.6 is 11.6 Å². The van der Waals surface area contributed by atoms with Crippen LogP contribution in [0.3, 0.4) is 0 Å². The number of carbonyl (C=O) groups excluding carboxylic acids is 2. The van der Waals surface area contributed by atoms with Gasteiger partial charge in [-0.05, 0) is 75.7 Å². The third-order valence-corrected chi connectivity index (χ3v) is 10.2. The molecule has 242 valence electrons. The first-order valence-corrected chi connectivity index (χ1v) is 16.8. The Bertz CT molecular complexity index is 1640. The summed E-state index contributed by atoms with van der Waals surface area (Å²) in [5.74, 6) is 2.49. The number of H-pyrrole nitrogens is 1. The number of anilines is 1. The fourth-order valence-electron chi connectivity index (χ4n) is 7.27. The summed E-state index contributed by atoms with van der Waals surface area (Å²) in [6.07, 6.45) is 11.7. The number of nitrogens with one attached hydrogen (secondary N) is 1. The predicted octanol–water partition coefficient (Wildman–Crippen LogP) is 3.95. The number of hydrogen-bond acceptors (Lipinski definition) is 6. The van der Waals surface area contributed by atoms with Crippen LogP contribution in [0, 0.1) is 18.3 Å². The number of aromatic nitrogens is 3. The van der Waals surface area contributed by atoms with Gasteiger partial charge in [-0.3, -0.25) is 14.6 Å². The Morgan fingerprint density at radius 2 is 1.63 bits per heavy atom. The van der Waals surface area contributed by atoms with Crippen LogP contribution in [0.25, 0.3) is 11.4 Å². The van der Waals surface area contributed by atoms with E-state index in [1.165, 1.54) is 17.5 Å². The number of amides is 2. The standard InChI is InChI=1S/C35H42ClN7O3/c1-2-25-20-24(22-30(36)32(25)37)21-27(34(45)42-18-10-28(11-19-42)40-14-6-7-15-40)23-31(44)41-16-12-29(13-17-41)43-35(46)38-33(39-43)26-8-4-3-5-9-26/h1,3-5,8-9,20,22,27-29H,6-7,10-19,21,23,37H2,(H,38,39,46)/t27-/m0/s1. The molecule has 3 N–H and O–H groups in total. The molecule has 6 rings (SSSR count). The van der Waals surface area contributed by atoms with Crippen molar-refractivity contribution in [1.82, 2.24) is 29.5 Å². The number of carbonyl (C=O) groups is 2. The zero-order valence-electron chi connectivity index (χ0n) is 26.2.